The number of nitrogens with zero attached hydrogens (tertiary/aromatic N) is 1. The Labute approximate surface area is 225 Å². The van der Waals surface area contributed by atoms with Gasteiger partial charge in [-0.3, -0.25) is 14.5 Å². The van der Waals surface area contributed by atoms with E-state index in [1.807, 2.05) is 30.3 Å². The maximum absolute atomic E-state index is 12.9. The van der Waals surface area contributed by atoms with Crippen molar-refractivity contribution in [3.05, 3.63) is 95.9 Å². The van der Waals surface area contributed by atoms with Gasteiger partial charge in [0.1, 0.15) is 6.61 Å². The molecular weight excluding hydrogens is 608 g/mol. The van der Waals surface area contributed by atoms with Crippen LogP contribution < -0.4 is 9.47 Å². The number of carbonyl (C=O) groups is 2. The molecule has 3 aromatic carbocycles. The molecule has 0 atom stereocenters. The maximum Gasteiger partial charge on any atom is 0.293 e. The Hall–Kier alpha value is -2.20. The Morgan fingerprint density at radius 3 is 2.38 bits per heavy atom. The first-order valence-corrected chi connectivity index (χ1v) is 12.7. The maximum atomic E-state index is 12.9. The smallest absolute Gasteiger partial charge is 0.293 e. The molecule has 0 radical (unpaired) electrons. The molecule has 2 amide bonds. The third kappa shape index (κ3) is 5.71. The van der Waals surface area contributed by atoms with Crippen molar-refractivity contribution in [2.24, 2.45) is 0 Å². The van der Waals surface area contributed by atoms with E-state index < -0.39 is 5.91 Å². The zero-order valence-corrected chi connectivity index (χ0v) is 22.4. The zero-order chi connectivity index (χ0) is 24.2. The van der Waals surface area contributed by atoms with Crippen LogP contribution in [0.2, 0.25) is 10.0 Å². The number of rotatable bonds is 7. The van der Waals surface area contributed by atoms with Crippen LogP contribution in [-0.2, 0) is 17.9 Å². The van der Waals surface area contributed by atoms with Gasteiger partial charge in [-0.15, -0.1) is 0 Å². The molecule has 0 aromatic heterocycles. The number of amides is 2. The first kappa shape index (κ1) is 24.9. The molecule has 0 saturated carbocycles. The minimum absolute atomic E-state index is 0.00908. The van der Waals surface area contributed by atoms with Crippen LogP contribution in [0.1, 0.15) is 16.7 Å². The molecule has 174 valence electrons. The Balaban J connectivity index is 1.50. The Bertz CT molecular complexity index is 1260. The van der Waals surface area contributed by atoms with E-state index >= 15 is 0 Å². The molecule has 0 bridgehead atoms. The summed E-state index contributed by atoms with van der Waals surface area (Å²) in [5.74, 6) is 0.713. The van der Waals surface area contributed by atoms with Crippen LogP contribution in [0.15, 0.2) is 65.6 Å². The van der Waals surface area contributed by atoms with Gasteiger partial charge in [-0.2, -0.15) is 0 Å². The molecule has 1 aliphatic rings. The van der Waals surface area contributed by atoms with E-state index in [0.29, 0.717) is 44.2 Å². The fourth-order valence-electron chi connectivity index (χ4n) is 3.26. The van der Waals surface area contributed by atoms with Crippen molar-refractivity contribution in [2.45, 2.75) is 13.2 Å². The van der Waals surface area contributed by atoms with E-state index in [1.165, 1.54) is 0 Å². The van der Waals surface area contributed by atoms with Gasteiger partial charge in [0.05, 0.1) is 18.6 Å². The average molecular weight is 626 g/mol. The second kappa shape index (κ2) is 11.0. The van der Waals surface area contributed by atoms with Crippen LogP contribution in [0.4, 0.5) is 4.79 Å². The third-order valence-corrected chi connectivity index (χ3v) is 7.38. The molecule has 0 N–H and O–H groups in total. The van der Waals surface area contributed by atoms with E-state index in [-0.39, 0.29) is 11.8 Å². The van der Waals surface area contributed by atoms with Crippen molar-refractivity contribution in [3.63, 3.8) is 0 Å². The van der Waals surface area contributed by atoms with Crippen LogP contribution in [0.3, 0.4) is 0 Å². The number of halogens is 3. The van der Waals surface area contributed by atoms with Gasteiger partial charge >= 0.3 is 0 Å². The van der Waals surface area contributed by atoms with Crippen molar-refractivity contribution in [1.29, 1.82) is 0 Å². The van der Waals surface area contributed by atoms with Crippen molar-refractivity contribution in [3.8, 4) is 11.5 Å². The van der Waals surface area contributed by atoms with Gasteiger partial charge in [0.2, 0.25) is 0 Å². The highest BCUT2D eigenvalue weighted by Crippen LogP contribution is 2.37. The molecule has 1 heterocycles. The Kier molecular flexibility index (Phi) is 8.08. The number of imide groups is 1. The molecule has 0 unspecified atom stereocenters. The Morgan fingerprint density at radius 1 is 1.00 bits per heavy atom. The minimum atomic E-state index is -0.399. The molecule has 1 saturated heterocycles. The fourth-order valence-corrected chi connectivity index (χ4v) is 4.98. The van der Waals surface area contributed by atoms with E-state index in [1.54, 1.807) is 43.5 Å². The van der Waals surface area contributed by atoms with Gasteiger partial charge in [0, 0.05) is 19.2 Å². The van der Waals surface area contributed by atoms with Crippen molar-refractivity contribution < 1.29 is 19.1 Å². The zero-order valence-electron chi connectivity index (χ0n) is 17.9. The van der Waals surface area contributed by atoms with Crippen molar-refractivity contribution >= 4 is 74.8 Å². The first-order chi connectivity index (χ1) is 16.4. The summed E-state index contributed by atoms with van der Waals surface area (Å²) in [4.78, 5) is 26.9. The number of hydrogen-bond donors (Lipinski definition) is 0. The van der Waals surface area contributed by atoms with E-state index in [4.69, 9.17) is 32.7 Å². The third-order valence-electron chi connectivity index (χ3n) is 5.04. The lowest BCUT2D eigenvalue weighted by Gasteiger charge is -2.14. The van der Waals surface area contributed by atoms with Gasteiger partial charge < -0.3 is 9.47 Å². The average Bonchev–Trinajstić information content (AvgIpc) is 3.08. The quantitative estimate of drug-likeness (QED) is 0.202. The van der Waals surface area contributed by atoms with Crippen LogP contribution in [0, 0.1) is 3.57 Å². The molecule has 1 fully saturated rings. The van der Waals surface area contributed by atoms with Gasteiger partial charge in [0.25, 0.3) is 11.1 Å². The van der Waals surface area contributed by atoms with Crippen LogP contribution in [0.5, 0.6) is 11.5 Å². The second-order valence-electron chi connectivity index (χ2n) is 7.29. The SMILES string of the molecule is COc1cc(/C=C2\SC(=O)N(Cc3c(Cl)cccc3Cl)C2=O)ccc1OCc1ccc(I)cc1. The monoisotopic (exact) mass is 625 g/mol. The molecule has 4 rings (SSSR count). The van der Waals surface area contributed by atoms with Crippen LogP contribution >= 0.6 is 57.6 Å². The van der Waals surface area contributed by atoms with Crippen molar-refractivity contribution in [1.82, 2.24) is 4.90 Å². The summed E-state index contributed by atoms with van der Waals surface area (Å²) < 4.78 is 12.5. The summed E-state index contributed by atoms with van der Waals surface area (Å²) in [6.07, 6.45) is 1.66. The van der Waals surface area contributed by atoms with Gasteiger partial charge in [-0.25, -0.2) is 0 Å². The predicted molar refractivity (Wildman–Crippen MR) is 144 cm³/mol. The molecule has 3 aromatic rings. The molecule has 9 heteroatoms. The standard InChI is InChI=1S/C25H18Cl2INO4S/c1-32-22-11-16(7-10-21(22)33-14-15-5-8-17(28)9-6-15)12-23-24(30)29(25(31)34-23)13-18-19(26)3-2-4-20(18)27/h2-12H,13-14H2,1H3/b23-12-. The predicted octanol–water partition coefficient (Wildman–Crippen LogP) is 7.42. The summed E-state index contributed by atoms with van der Waals surface area (Å²) >= 11 is 15.5. The summed E-state index contributed by atoms with van der Waals surface area (Å²) in [5.41, 5.74) is 2.28. The normalized spacial score (nSPS) is 14.7. The van der Waals surface area contributed by atoms with Crippen LogP contribution in [-0.4, -0.2) is 23.2 Å². The topological polar surface area (TPSA) is 55.8 Å². The van der Waals surface area contributed by atoms with Gasteiger partial charge in [-0.1, -0.05) is 47.5 Å². The summed E-state index contributed by atoms with van der Waals surface area (Å²) in [5, 5.41) is 0.430. The van der Waals surface area contributed by atoms with Crippen LogP contribution in [0.25, 0.3) is 6.08 Å². The molecule has 1 aliphatic heterocycles. The van der Waals surface area contributed by atoms with Gasteiger partial charge in [0.15, 0.2) is 11.5 Å². The number of methoxy groups -OCH3 is 1. The molecule has 5 nitrogen and oxygen atoms in total. The van der Waals surface area contributed by atoms with E-state index in [0.717, 1.165) is 25.8 Å². The highest BCUT2D eigenvalue weighted by atomic mass is 127. The lowest BCUT2D eigenvalue weighted by atomic mass is 10.1. The lowest BCUT2D eigenvalue weighted by molar-refractivity contribution is -0.123. The minimum Gasteiger partial charge on any atom is -0.493 e. The second-order valence-corrected chi connectivity index (χ2v) is 10.3. The van der Waals surface area contributed by atoms with E-state index in [2.05, 4.69) is 22.6 Å². The number of thioether (sulfide) groups is 1. The number of ether oxygens (including phenoxy) is 2. The molecule has 0 aliphatic carbocycles. The highest BCUT2D eigenvalue weighted by molar-refractivity contribution is 14.1. The number of carbonyl (C=O) groups excluding carboxylic acids is 2. The summed E-state index contributed by atoms with van der Waals surface area (Å²) in [6.45, 7) is 0.408. The fraction of sp³-hybridized carbons (Fsp3) is 0.120. The molecular formula is C25H18Cl2INO4S. The summed E-state index contributed by atoms with van der Waals surface area (Å²) in [7, 11) is 1.55. The van der Waals surface area contributed by atoms with E-state index in [9.17, 15) is 9.59 Å². The van der Waals surface area contributed by atoms with Gasteiger partial charge in [-0.05, 0) is 88.0 Å². The Morgan fingerprint density at radius 2 is 1.71 bits per heavy atom. The van der Waals surface area contributed by atoms with Crippen molar-refractivity contribution in [2.75, 3.05) is 7.11 Å². The molecule has 0 spiro atoms. The largest absolute Gasteiger partial charge is 0.493 e. The highest BCUT2D eigenvalue weighted by Gasteiger charge is 2.35. The lowest BCUT2D eigenvalue weighted by Crippen LogP contribution is -2.27. The number of hydrogen-bond acceptors (Lipinski definition) is 5. The number of benzene rings is 3. The molecule has 34 heavy (non-hydrogen) atoms. The first-order valence-electron chi connectivity index (χ1n) is 10.1. The summed E-state index contributed by atoms with van der Waals surface area (Å²) in [6, 6.07) is 18.5.